The van der Waals surface area contributed by atoms with Gasteiger partial charge in [-0.25, -0.2) is 15.0 Å². The lowest BCUT2D eigenvalue weighted by atomic mass is 10.3. The van der Waals surface area contributed by atoms with Gasteiger partial charge in [0.25, 0.3) is 0 Å². The van der Waals surface area contributed by atoms with Gasteiger partial charge in [0, 0.05) is 18.7 Å². The second-order valence-electron chi connectivity index (χ2n) is 6.22. The maximum atomic E-state index is 11.3. The monoisotopic (exact) mass is 352 g/mol. The summed E-state index contributed by atoms with van der Waals surface area (Å²) < 4.78 is 5.70. The summed E-state index contributed by atoms with van der Waals surface area (Å²) in [5.74, 6) is 1.04. The lowest BCUT2D eigenvalue weighted by Crippen LogP contribution is -2.25. The molecular weight excluding hydrogens is 332 g/mol. The summed E-state index contributed by atoms with van der Waals surface area (Å²) in [7, 11) is 0. The van der Waals surface area contributed by atoms with Gasteiger partial charge in [-0.15, -0.1) is 0 Å². The van der Waals surface area contributed by atoms with Gasteiger partial charge in [0.05, 0.1) is 29.1 Å². The minimum Gasteiger partial charge on any atom is -0.476 e. The highest BCUT2D eigenvalue weighted by Gasteiger charge is 2.11. The van der Waals surface area contributed by atoms with Gasteiger partial charge >= 0.3 is 0 Å². The Kier molecular flexibility index (Phi) is 4.74. The van der Waals surface area contributed by atoms with Crippen LogP contribution in [0.25, 0.3) is 11.0 Å². The highest BCUT2D eigenvalue weighted by atomic mass is 16.5. The van der Waals surface area contributed by atoms with Crippen molar-refractivity contribution in [1.82, 2.24) is 24.8 Å². The van der Waals surface area contributed by atoms with Crippen molar-refractivity contribution in [2.24, 2.45) is 0 Å². The first kappa shape index (κ1) is 16.5. The second kappa shape index (κ2) is 7.49. The number of aromatic amines is 1. The van der Waals surface area contributed by atoms with Crippen LogP contribution < -0.4 is 15.6 Å². The van der Waals surface area contributed by atoms with Gasteiger partial charge in [0.2, 0.25) is 17.4 Å². The summed E-state index contributed by atoms with van der Waals surface area (Å²) in [4.78, 5) is 29.3. The number of nitrogens with one attached hydrogen (secondary N) is 2. The zero-order chi connectivity index (χ0) is 17.8. The molecule has 1 saturated heterocycles. The number of aromatic nitrogens is 4. The number of pyridine rings is 2. The third-order valence-corrected chi connectivity index (χ3v) is 4.32. The zero-order valence-electron chi connectivity index (χ0n) is 14.3. The third kappa shape index (κ3) is 3.97. The van der Waals surface area contributed by atoms with Crippen LogP contribution in [0.3, 0.4) is 0 Å². The number of likely N-dealkylation sites (tertiary alicyclic amines) is 1. The Hall–Kier alpha value is -3.00. The molecule has 4 heterocycles. The van der Waals surface area contributed by atoms with E-state index in [1.807, 2.05) is 12.1 Å². The van der Waals surface area contributed by atoms with Crippen molar-refractivity contribution in [2.75, 3.05) is 31.6 Å². The first-order valence-electron chi connectivity index (χ1n) is 8.71. The molecule has 3 aromatic heterocycles. The molecule has 0 bridgehead atoms. The summed E-state index contributed by atoms with van der Waals surface area (Å²) in [5.41, 5.74) is 1.85. The van der Waals surface area contributed by atoms with Crippen LogP contribution in [0, 0.1) is 0 Å². The molecule has 2 N–H and O–H groups in total. The molecule has 0 radical (unpaired) electrons. The first-order chi connectivity index (χ1) is 12.8. The maximum absolute atomic E-state index is 11.3. The molecule has 1 aliphatic rings. The second-order valence-corrected chi connectivity index (χ2v) is 6.22. The third-order valence-electron chi connectivity index (χ3n) is 4.32. The van der Waals surface area contributed by atoms with Crippen LogP contribution in [0.15, 0.2) is 41.5 Å². The first-order valence-corrected chi connectivity index (χ1v) is 8.71. The fourth-order valence-electron chi connectivity index (χ4n) is 2.96. The van der Waals surface area contributed by atoms with Crippen LogP contribution in [-0.2, 0) is 0 Å². The number of rotatable bonds is 6. The van der Waals surface area contributed by atoms with Crippen LogP contribution >= 0.6 is 0 Å². The van der Waals surface area contributed by atoms with Crippen LogP contribution in [0.1, 0.15) is 12.8 Å². The molecule has 134 valence electrons. The molecule has 0 unspecified atom stereocenters. The topological polar surface area (TPSA) is 96.0 Å². The van der Waals surface area contributed by atoms with Gasteiger partial charge in [0.1, 0.15) is 6.61 Å². The molecule has 1 fully saturated rings. The number of hydrogen-bond acceptors (Lipinski definition) is 7. The number of hydrogen-bond donors (Lipinski definition) is 2. The number of anilines is 2. The van der Waals surface area contributed by atoms with Crippen molar-refractivity contribution in [1.29, 1.82) is 0 Å². The molecule has 0 amide bonds. The highest BCUT2D eigenvalue weighted by molar-refractivity contribution is 5.74. The molecule has 0 spiro atoms. The van der Waals surface area contributed by atoms with Gasteiger partial charge in [-0.3, -0.25) is 9.69 Å². The molecule has 3 aromatic rings. The molecule has 0 aromatic carbocycles. The van der Waals surface area contributed by atoms with Crippen LogP contribution in [0.2, 0.25) is 0 Å². The Morgan fingerprint density at radius 1 is 1.12 bits per heavy atom. The minimum atomic E-state index is -0.175. The van der Waals surface area contributed by atoms with Crippen molar-refractivity contribution in [3.8, 4) is 5.88 Å². The van der Waals surface area contributed by atoms with Crippen molar-refractivity contribution < 1.29 is 4.74 Å². The number of fused-ring (bicyclic) bond motifs is 1. The van der Waals surface area contributed by atoms with E-state index >= 15 is 0 Å². The average Bonchev–Trinajstić information content (AvgIpc) is 3.17. The molecule has 0 saturated carbocycles. The van der Waals surface area contributed by atoms with Crippen LogP contribution in [0.4, 0.5) is 11.6 Å². The van der Waals surface area contributed by atoms with E-state index in [9.17, 15) is 4.79 Å². The smallest absolute Gasteiger partial charge is 0.248 e. The summed E-state index contributed by atoms with van der Waals surface area (Å²) in [6, 6.07) is 6.80. The summed E-state index contributed by atoms with van der Waals surface area (Å²) >= 11 is 0. The van der Waals surface area contributed by atoms with Crippen molar-refractivity contribution in [3.05, 3.63) is 47.0 Å². The largest absolute Gasteiger partial charge is 0.476 e. The van der Waals surface area contributed by atoms with E-state index in [0.717, 1.165) is 12.2 Å². The molecule has 0 atom stereocenters. The Balaban J connectivity index is 1.36. The molecule has 4 rings (SSSR count). The molecule has 8 heteroatoms. The highest BCUT2D eigenvalue weighted by Crippen LogP contribution is 2.16. The standard InChI is InChI=1S/C18H20N6O2/c25-16-5-4-14-15(22-16)12-20-18(23-14)21-13-3-6-17(19-11-13)26-10-9-24-7-1-2-8-24/h3-6,11-12H,1-2,7-10H2,(H,22,25)(H,20,21,23). The molecular formula is C18H20N6O2. The Bertz CT molecular complexity index is 934. The van der Waals surface area contributed by atoms with Gasteiger partial charge in [-0.2, -0.15) is 0 Å². The Morgan fingerprint density at radius 2 is 2.00 bits per heavy atom. The summed E-state index contributed by atoms with van der Waals surface area (Å²) in [6.45, 7) is 3.92. The quantitative estimate of drug-likeness (QED) is 0.700. The van der Waals surface area contributed by atoms with Crippen molar-refractivity contribution in [3.63, 3.8) is 0 Å². The molecule has 1 aliphatic heterocycles. The zero-order valence-corrected chi connectivity index (χ0v) is 14.3. The van der Waals surface area contributed by atoms with Gasteiger partial charge in [0.15, 0.2) is 0 Å². The molecule has 0 aliphatic carbocycles. The maximum Gasteiger partial charge on any atom is 0.248 e. The van der Waals surface area contributed by atoms with E-state index < -0.39 is 0 Å². The Labute approximate surface area is 150 Å². The van der Waals surface area contributed by atoms with Gasteiger partial charge < -0.3 is 15.0 Å². The summed E-state index contributed by atoms with van der Waals surface area (Å²) in [5, 5.41) is 3.10. The lowest BCUT2D eigenvalue weighted by molar-refractivity contribution is 0.232. The predicted molar refractivity (Wildman–Crippen MR) is 98.8 cm³/mol. The Morgan fingerprint density at radius 3 is 2.81 bits per heavy atom. The van der Waals surface area contributed by atoms with Crippen LogP contribution in [0.5, 0.6) is 5.88 Å². The number of H-pyrrole nitrogens is 1. The average molecular weight is 352 g/mol. The fraction of sp³-hybridized carbons (Fsp3) is 0.333. The van der Waals surface area contributed by atoms with E-state index in [-0.39, 0.29) is 5.56 Å². The fourth-order valence-corrected chi connectivity index (χ4v) is 2.96. The number of nitrogens with zero attached hydrogens (tertiary/aromatic N) is 4. The van der Waals surface area contributed by atoms with Crippen LogP contribution in [-0.4, -0.2) is 51.1 Å². The van der Waals surface area contributed by atoms with Gasteiger partial charge in [-0.1, -0.05) is 0 Å². The predicted octanol–water partition coefficient (Wildman–Crippen LogP) is 1.93. The molecule has 26 heavy (non-hydrogen) atoms. The van der Waals surface area contributed by atoms with E-state index in [1.165, 1.54) is 32.0 Å². The van der Waals surface area contributed by atoms with E-state index in [0.29, 0.717) is 29.5 Å². The summed E-state index contributed by atoms with van der Waals surface area (Å²) in [6.07, 6.45) is 5.83. The minimum absolute atomic E-state index is 0.175. The van der Waals surface area contributed by atoms with E-state index in [2.05, 4.69) is 30.2 Å². The van der Waals surface area contributed by atoms with E-state index in [4.69, 9.17) is 4.74 Å². The number of ether oxygens (including phenoxy) is 1. The molecule has 8 nitrogen and oxygen atoms in total. The van der Waals surface area contributed by atoms with Crippen molar-refractivity contribution in [2.45, 2.75) is 12.8 Å². The van der Waals surface area contributed by atoms with Crippen molar-refractivity contribution >= 4 is 22.7 Å². The SMILES string of the molecule is O=c1ccc2nc(Nc3ccc(OCCN4CCCC4)nc3)ncc2[nH]1. The van der Waals surface area contributed by atoms with E-state index in [1.54, 1.807) is 18.5 Å². The lowest BCUT2D eigenvalue weighted by Gasteiger charge is -2.14. The normalized spacial score (nSPS) is 14.6. The van der Waals surface area contributed by atoms with Gasteiger partial charge in [-0.05, 0) is 38.1 Å².